The highest BCUT2D eigenvalue weighted by Crippen LogP contribution is 2.18. The standard InChI is InChI=1S/C18H20N2O/c1-14(19)13-17-18(11-10-15(2)20-17)21-12-6-9-16-7-4-3-5-8-16/h3-5,7-8,10-11,14H,12-13,19H2,1-2H3. The van der Waals surface area contributed by atoms with Crippen molar-refractivity contribution in [3.8, 4) is 17.6 Å². The van der Waals surface area contributed by atoms with E-state index in [0.29, 0.717) is 13.0 Å². The Morgan fingerprint density at radius 1 is 1.19 bits per heavy atom. The molecular weight excluding hydrogens is 260 g/mol. The predicted octanol–water partition coefficient (Wildman–Crippen LogP) is 2.71. The smallest absolute Gasteiger partial charge is 0.149 e. The first kappa shape index (κ1) is 15.1. The van der Waals surface area contributed by atoms with Crippen molar-refractivity contribution < 1.29 is 4.74 Å². The summed E-state index contributed by atoms with van der Waals surface area (Å²) < 4.78 is 5.72. The molecule has 1 aromatic heterocycles. The Balaban J connectivity index is 2.02. The van der Waals surface area contributed by atoms with Crippen molar-refractivity contribution in [2.75, 3.05) is 6.61 Å². The predicted molar refractivity (Wildman–Crippen MR) is 85.1 cm³/mol. The van der Waals surface area contributed by atoms with Crippen LogP contribution in [0.1, 0.15) is 23.9 Å². The van der Waals surface area contributed by atoms with Crippen molar-refractivity contribution in [2.45, 2.75) is 26.3 Å². The molecule has 2 rings (SSSR count). The first-order chi connectivity index (χ1) is 10.1. The minimum Gasteiger partial charge on any atom is -0.479 e. The molecule has 0 spiro atoms. The molecular formula is C18H20N2O. The van der Waals surface area contributed by atoms with E-state index < -0.39 is 0 Å². The van der Waals surface area contributed by atoms with Crippen molar-refractivity contribution in [1.82, 2.24) is 4.98 Å². The molecule has 0 saturated heterocycles. The Bertz CT molecular complexity index is 639. The second kappa shape index (κ2) is 7.47. The fraction of sp³-hybridized carbons (Fsp3) is 0.278. The summed E-state index contributed by atoms with van der Waals surface area (Å²) in [5, 5.41) is 0. The summed E-state index contributed by atoms with van der Waals surface area (Å²) in [6.07, 6.45) is 0.698. The maximum absolute atomic E-state index is 5.85. The molecule has 0 aliphatic carbocycles. The van der Waals surface area contributed by atoms with Gasteiger partial charge in [0.05, 0.1) is 5.69 Å². The molecule has 0 radical (unpaired) electrons. The summed E-state index contributed by atoms with van der Waals surface area (Å²) in [6, 6.07) is 13.8. The second-order valence-electron chi connectivity index (χ2n) is 5.04. The Morgan fingerprint density at radius 2 is 1.95 bits per heavy atom. The number of aromatic nitrogens is 1. The number of hydrogen-bond donors (Lipinski definition) is 1. The minimum atomic E-state index is 0.0528. The van der Waals surface area contributed by atoms with E-state index in [1.54, 1.807) is 0 Å². The highest BCUT2D eigenvalue weighted by atomic mass is 16.5. The number of nitrogens with two attached hydrogens (primary N) is 1. The van der Waals surface area contributed by atoms with Gasteiger partial charge in [0, 0.05) is 23.7 Å². The van der Waals surface area contributed by atoms with Gasteiger partial charge in [0.1, 0.15) is 12.4 Å². The fourth-order valence-electron chi connectivity index (χ4n) is 1.95. The van der Waals surface area contributed by atoms with Gasteiger partial charge in [0.15, 0.2) is 0 Å². The maximum atomic E-state index is 5.85. The van der Waals surface area contributed by atoms with Crippen LogP contribution in [0.2, 0.25) is 0 Å². The molecule has 0 saturated carbocycles. The second-order valence-corrected chi connectivity index (χ2v) is 5.04. The Labute approximate surface area is 126 Å². The van der Waals surface area contributed by atoms with Crippen molar-refractivity contribution in [3.63, 3.8) is 0 Å². The molecule has 1 heterocycles. The molecule has 108 valence electrons. The summed E-state index contributed by atoms with van der Waals surface area (Å²) >= 11 is 0. The van der Waals surface area contributed by atoms with Crippen molar-refractivity contribution >= 4 is 0 Å². The minimum absolute atomic E-state index is 0.0528. The number of rotatable bonds is 4. The molecule has 21 heavy (non-hydrogen) atoms. The average molecular weight is 280 g/mol. The number of pyridine rings is 1. The summed E-state index contributed by atoms with van der Waals surface area (Å²) in [7, 11) is 0. The Morgan fingerprint density at radius 3 is 2.67 bits per heavy atom. The van der Waals surface area contributed by atoms with Crippen LogP contribution in [0, 0.1) is 18.8 Å². The molecule has 0 fully saturated rings. The topological polar surface area (TPSA) is 48.1 Å². The van der Waals surface area contributed by atoms with Gasteiger partial charge in [-0.1, -0.05) is 30.0 Å². The number of benzene rings is 1. The van der Waals surface area contributed by atoms with E-state index in [0.717, 1.165) is 22.7 Å². The van der Waals surface area contributed by atoms with Crippen LogP contribution in [0.3, 0.4) is 0 Å². The van der Waals surface area contributed by atoms with Crippen molar-refractivity contribution in [1.29, 1.82) is 0 Å². The SMILES string of the molecule is Cc1ccc(OCC#Cc2ccccc2)c(CC(C)N)n1. The lowest BCUT2D eigenvalue weighted by atomic mass is 10.1. The Hall–Kier alpha value is -2.31. The van der Waals surface area contributed by atoms with E-state index in [9.17, 15) is 0 Å². The first-order valence-electron chi connectivity index (χ1n) is 7.04. The van der Waals surface area contributed by atoms with Gasteiger partial charge in [-0.25, -0.2) is 0 Å². The largest absolute Gasteiger partial charge is 0.479 e. The van der Waals surface area contributed by atoms with Crippen LogP contribution in [0.15, 0.2) is 42.5 Å². The van der Waals surface area contributed by atoms with Crippen LogP contribution in [0.25, 0.3) is 0 Å². The van der Waals surface area contributed by atoms with E-state index in [-0.39, 0.29) is 6.04 Å². The lowest BCUT2D eigenvalue weighted by molar-refractivity contribution is 0.362. The van der Waals surface area contributed by atoms with Crippen LogP contribution in [0.5, 0.6) is 5.75 Å². The molecule has 0 bridgehead atoms. The lowest BCUT2D eigenvalue weighted by Crippen LogP contribution is -2.19. The number of aryl methyl sites for hydroxylation is 1. The van der Waals surface area contributed by atoms with Crippen LogP contribution in [-0.2, 0) is 6.42 Å². The molecule has 1 atom stereocenters. The van der Waals surface area contributed by atoms with Gasteiger partial charge in [-0.2, -0.15) is 0 Å². The van der Waals surface area contributed by atoms with Gasteiger partial charge < -0.3 is 10.5 Å². The number of hydrogen-bond acceptors (Lipinski definition) is 3. The monoisotopic (exact) mass is 280 g/mol. The summed E-state index contributed by atoms with van der Waals surface area (Å²) in [5.41, 5.74) is 8.70. The Kier molecular flexibility index (Phi) is 5.36. The summed E-state index contributed by atoms with van der Waals surface area (Å²) in [6.45, 7) is 4.26. The van der Waals surface area contributed by atoms with Gasteiger partial charge in [0.2, 0.25) is 0 Å². The third-order valence-corrected chi connectivity index (χ3v) is 2.89. The molecule has 3 heteroatoms. The van der Waals surface area contributed by atoms with E-state index in [1.807, 2.05) is 56.3 Å². The van der Waals surface area contributed by atoms with E-state index >= 15 is 0 Å². The molecule has 2 aromatic rings. The number of nitrogens with zero attached hydrogens (tertiary/aromatic N) is 1. The third kappa shape index (κ3) is 4.94. The summed E-state index contributed by atoms with van der Waals surface area (Å²) in [5.74, 6) is 6.84. The molecule has 1 unspecified atom stereocenters. The van der Waals surface area contributed by atoms with Gasteiger partial charge in [-0.15, -0.1) is 0 Å². The fourth-order valence-corrected chi connectivity index (χ4v) is 1.95. The maximum Gasteiger partial charge on any atom is 0.149 e. The highest BCUT2D eigenvalue weighted by Gasteiger charge is 2.07. The molecule has 3 nitrogen and oxygen atoms in total. The summed E-state index contributed by atoms with van der Waals surface area (Å²) in [4.78, 5) is 4.50. The normalized spacial score (nSPS) is 11.4. The van der Waals surface area contributed by atoms with Crippen LogP contribution >= 0.6 is 0 Å². The lowest BCUT2D eigenvalue weighted by Gasteiger charge is -2.11. The van der Waals surface area contributed by atoms with Crippen molar-refractivity contribution in [3.05, 3.63) is 59.4 Å². The molecule has 0 aliphatic heterocycles. The van der Waals surface area contributed by atoms with Gasteiger partial charge >= 0.3 is 0 Å². The quantitative estimate of drug-likeness (QED) is 0.876. The molecule has 2 N–H and O–H groups in total. The van der Waals surface area contributed by atoms with E-state index in [4.69, 9.17) is 10.5 Å². The van der Waals surface area contributed by atoms with Crippen molar-refractivity contribution in [2.24, 2.45) is 5.73 Å². The van der Waals surface area contributed by atoms with Gasteiger partial charge in [0.25, 0.3) is 0 Å². The average Bonchev–Trinajstić information content (AvgIpc) is 2.46. The first-order valence-corrected chi connectivity index (χ1v) is 7.04. The van der Waals surface area contributed by atoms with E-state index in [2.05, 4.69) is 16.8 Å². The van der Waals surface area contributed by atoms with E-state index in [1.165, 1.54) is 0 Å². The highest BCUT2D eigenvalue weighted by molar-refractivity contribution is 5.34. The van der Waals surface area contributed by atoms with Crippen LogP contribution in [-0.4, -0.2) is 17.6 Å². The zero-order chi connectivity index (χ0) is 15.1. The van der Waals surface area contributed by atoms with Crippen LogP contribution < -0.4 is 10.5 Å². The molecule has 0 amide bonds. The molecule has 0 aliphatic rings. The third-order valence-electron chi connectivity index (χ3n) is 2.89. The van der Waals surface area contributed by atoms with Gasteiger partial charge in [-0.3, -0.25) is 4.98 Å². The number of ether oxygens (including phenoxy) is 1. The van der Waals surface area contributed by atoms with Gasteiger partial charge in [-0.05, 0) is 38.1 Å². The molecule has 1 aromatic carbocycles. The van der Waals surface area contributed by atoms with Crippen LogP contribution in [0.4, 0.5) is 0 Å². The zero-order valence-electron chi connectivity index (χ0n) is 12.5. The zero-order valence-corrected chi connectivity index (χ0v) is 12.5.